The van der Waals surface area contributed by atoms with Crippen LogP contribution in [-0.2, 0) is 0 Å². The summed E-state index contributed by atoms with van der Waals surface area (Å²) in [5.74, 6) is 5.98. The third-order valence-electron chi connectivity index (χ3n) is 3.09. The molecule has 0 N–H and O–H groups in total. The average Bonchev–Trinajstić information content (AvgIpc) is 2.53. The topological polar surface area (TPSA) is 23.8 Å². The maximum Gasteiger partial charge on any atom is 0.0756 e. The summed E-state index contributed by atoms with van der Waals surface area (Å²) < 4.78 is 0. The first-order chi connectivity index (χ1) is 10.3. The standard InChI is InChI=1S/C20H17N/c1-17-10-12-19(13-11-17)14-15-20(16-21)9-5-8-18-6-3-2-4-7-18/h2-4,6-7,10-15,20H,9H2,1H3/b15-14+. The zero-order valence-corrected chi connectivity index (χ0v) is 12.1. The molecule has 0 amide bonds. The van der Waals surface area contributed by atoms with Crippen molar-refractivity contribution >= 4 is 6.08 Å². The molecule has 2 aromatic rings. The van der Waals surface area contributed by atoms with Gasteiger partial charge in [0.15, 0.2) is 0 Å². The van der Waals surface area contributed by atoms with Gasteiger partial charge in [-0.1, -0.05) is 72.0 Å². The molecule has 0 saturated heterocycles. The van der Waals surface area contributed by atoms with E-state index in [1.165, 1.54) is 5.56 Å². The van der Waals surface area contributed by atoms with Crippen LogP contribution in [0.3, 0.4) is 0 Å². The number of hydrogen-bond donors (Lipinski definition) is 0. The summed E-state index contributed by atoms with van der Waals surface area (Å²) in [6, 6.07) is 20.3. The minimum absolute atomic E-state index is 0.178. The fraction of sp³-hybridized carbons (Fsp3) is 0.150. The number of aryl methyl sites for hydroxylation is 1. The van der Waals surface area contributed by atoms with Crippen molar-refractivity contribution in [3.8, 4) is 17.9 Å². The Hall–Kier alpha value is -2.77. The van der Waals surface area contributed by atoms with Gasteiger partial charge in [0, 0.05) is 12.0 Å². The molecule has 0 aliphatic carbocycles. The second-order valence-electron chi connectivity index (χ2n) is 4.88. The third kappa shape index (κ3) is 5.01. The second-order valence-corrected chi connectivity index (χ2v) is 4.88. The van der Waals surface area contributed by atoms with Crippen LogP contribution in [0, 0.1) is 36.0 Å². The summed E-state index contributed by atoms with van der Waals surface area (Å²) in [4.78, 5) is 0. The zero-order chi connectivity index (χ0) is 14.9. The van der Waals surface area contributed by atoms with E-state index in [1.807, 2.05) is 42.5 Å². The van der Waals surface area contributed by atoms with Gasteiger partial charge in [-0.25, -0.2) is 0 Å². The van der Waals surface area contributed by atoms with Gasteiger partial charge in [0.1, 0.15) is 0 Å². The molecular formula is C20H17N. The minimum atomic E-state index is -0.178. The van der Waals surface area contributed by atoms with Gasteiger partial charge in [-0.2, -0.15) is 5.26 Å². The van der Waals surface area contributed by atoms with Crippen LogP contribution in [0.1, 0.15) is 23.1 Å². The molecule has 2 aromatic carbocycles. The van der Waals surface area contributed by atoms with Gasteiger partial charge in [-0.15, -0.1) is 0 Å². The SMILES string of the molecule is Cc1ccc(/C=C/C(C#N)CC#Cc2ccccc2)cc1. The first kappa shape index (κ1) is 14.6. The molecule has 0 bridgehead atoms. The van der Waals surface area contributed by atoms with Gasteiger partial charge in [-0.3, -0.25) is 0 Å². The lowest BCUT2D eigenvalue weighted by atomic mass is 10.0. The number of allylic oxidation sites excluding steroid dienone is 1. The van der Waals surface area contributed by atoms with Crippen molar-refractivity contribution in [1.29, 1.82) is 5.26 Å². The van der Waals surface area contributed by atoms with E-state index in [1.54, 1.807) is 0 Å². The number of rotatable bonds is 3. The maximum absolute atomic E-state index is 9.18. The smallest absolute Gasteiger partial charge is 0.0756 e. The molecule has 1 atom stereocenters. The Morgan fingerprint density at radius 1 is 1.05 bits per heavy atom. The molecule has 102 valence electrons. The summed E-state index contributed by atoms with van der Waals surface area (Å²) in [5.41, 5.74) is 3.33. The van der Waals surface area contributed by atoms with Crippen LogP contribution in [0.2, 0.25) is 0 Å². The molecule has 0 fully saturated rings. The van der Waals surface area contributed by atoms with Gasteiger partial charge in [0.05, 0.1) is 12.0 Å². The lowest BCUT2D eigenvalue weighted by Crippen LogP contribution is -1.89. The average molecular weight is 271 g/mol. The molecule has 1 heteroatoms. The van der Waals surface area contributed by atoms with Crippen LogP contribution in [-0.4, -0.2) is 0 Å². The van der Waals surface area contributed by atoms with Crippen LogP contribution in [0.25, 0.3) is 6.08 Å². The molecule has 21 heavy (non-hydrogen) atoms. The third-order valence-corrected chi connectivity index (χ3v) is 3.09. The Bertz CT molecular complexity index is 691. The molecule has 2 rings (SSSR count). The molecule has 0 saturated carbocycles. The second kappa shape index (κ2) is 7.73. The number of nitriles is 1. The summed E-state index contributed by atoms with van der Waals surface area (Å²) in [6.45, 7) is 2.06. The van der Waals surface area contributed by atoms with Crippen molar-refractivity contribution in [2.24, 2.45) is 5.92 Å². The summed E-state index contributed by atoms with van der Waals surface area (Å²) in [5, 5.41) is 9.18. The first-order valence-electron chi connectivity index (χ1n) is 6.96. The van der Waals surface area contributed by atoms with Gasteiger partial charge in [0.25, 0.3) is 0 Å². The van der Waals surface area contributed by atoms with E-state index in [-0.39, 0.29) is 5.92 Å². The van der Waals surface area contributed by atoms with Crippen molar-refractivity contribution in [1.82, 2.24) is 0 Å². The van der Waals surface area contributed by atoms with Gasteiger partial charge < -0.3 is 0 Å². The molecule has 0 spiro atoms. The maximum atomic E-state index is 9.18. The summed E-state index contributed by atoms with van der Waals surface area (Å²) in [7, 11) is 0. The Kier molecular flexibility index (Phi) is 5.39. The van der Waals surface area contributed by atoms with Crippen LogP contribution in [0.4, 0.5) is 0 Å². The Balaban J connectivity index is 1.96. The van der Waals surface area contributed by atoms with Gasteiger partial charge in [-0.05, 0) is 24.6 Å². The van der Waals surface area contributed by atoms with Gasteiger partial charge in [0.2, 0.25) is 0 Å². The van der Waals surface area contributed by atoms with Crippen molar-refractivity contribution in [3.05, 3.63) is 77.4 Å². The molecule has 0 radical (unpaired) electrons. The molecule has 1 nitrogen and oxygen atoms in total. The molecule has 0 aliphatic heterocycles. The van der Waals surface area contributed by atoms with E-state index in [2.05, 4.69) is 49.1 Å². The predicted octanol–water partition coefficient (Wildman–Crippen LogP) is 4.59. The first-order valence-corrected chi connectivity index (χ1v) is 6.96. The van der Waals surface area contributed by atoms with E-state index >= 15 is 0 Å². The molecule has 1 unspecified atom stereocenters. The van der Waals surface area contributed by atoms with Crippen molar-refractivity contribution < 1.29 is 0 Å². The normalized spacial score (nSPS) is 11.4. The quantitative estimate of drug-likeness (QED) is 0.749. The Morgan fingerprint density at radius 2 is 1.76 bits per heavy atom. The molecule has 0 heterocycles. The van der Waals surface area contributed by atoms with Crippen molar-refractivity contribution in [3.63, 3.8) is 0 Å². The molecule has 0 aromatic heterocycles. The highest BCUT2D eigenvalue weighted by Gasteiger charge is 1.99. The van der Waals surface area contributed by atoms with E-state index < -0.39 is 0 Å². The zero-order valence-electron chi connectivity index (χ0n) is 12.1. The monoisotopic (exact) mass is 271 g/mol. The lowest BCUT2D eigenvalue weighted by molar-refractivity contribution is 0.871. The molecule has 0 aliphatic rings. The minimum Gasteiger partial charge on any atom is -0.198 e. The lowest BCUT2D eigenvalue weighted by Gasteiger charge is -1.98. The Morgan fingerprint density at radius 3 is 2.43 bits per heavy atom. The predicted molar refractivity (Wildman–Crippen MR) is 87.3 cm³/mol. The summed E-state index contributed by atoms with van der Waals surface area (Å²) >= 11 is 0. The number of benzene rings is 2. The van der Waals surface area contributed by atoms with Crippen LogP contribution >= 0.6 is 0 Å². The van der Waals surface area contributed by atoms with E-state index in [9.17, 15) is 5.26 Å². The Labute approximate surface area is 126 Å². The number of hydrogen-bond acceptors (Lipinski definition) is 1. The molecular weight excluding hydrogens is 254 g/mol. The van der Waals surface area contributed by atoms with Crippen LogP contribution in [0.5, 0.6) is 0 Å². The van der Waals surface area contributed by atoms with Crippen molar-refractivity contribution in [2.75, 3.05) is 0 Å². The van der Waals surface area contributed by atoms with Gasteiger partial charge >= 0.3 is 0 Å². The van der Waals surface area contributed by atoms with Crippen molar-refractivity contribution in [2.45, 2.75) is 13.3 Å². The highest BCUT2D eigenvalue weighted by atomic mass is 14.3. The van der Waals surface area contributed by atoms with Crippen LogP contribution < -0.4 is 0 Å². The number of nitrogens with zero attached hydrogens (tertiary/aromatic N) is 1. The van der Waals surface area contributed by atoms with E-state index in [4.69, 9.17) is 0 Å². The van der Waals surface area contributed by atoms with E-state index in [0.29, 0.717) is 6.42 Å². The summed E-state index contributed by atoms with van der Waals surface area (Å²) in [6.07, 6.45) is 4.45. The van der Waals surface area contributed by atoms with E-state index in [0.717, 1.165) is 11.1 Å². The highest BCUT2D eigenvalue weighted by molar-refractivity contribution is 5.50. The fourth-order valence-corrected chi connectivity index (χ4v) is 1.85. The largest absolute Gasteiger partial charge is 0.198 e. The fourth-order valence-electron chi connectivity index (χ4n) is 1.85. The van der Waals surface area contributed by atoms with Crippen LogP contribution in [0.15, 0.2) is 60.7 Å². The highest BCUT2D eigenvalue weighted by Crippen LogP contribution is 2.09.